The second-order valence-corrected chi connectivity index (χ2v) is 7.20. The monoisotopic (exact) mass is 536 g/mol. The van der Waals surface area contributed by atoms with Crippen molar-refractivity contribution in [3.8, 4) is 0 Å². The van der Waals surface area contributed by atoms with E-state index in [0.717, 1.165) is 0 Å². The zero-order valence-electron chi connectivity index (χ0n) is 13.7. The lowest BCUT2D eigenvalue weighted by Gasteiger charge is -2.12. The first-order valence-electron chi connectivity index (χ1n) is 7.01. The minimum absolute atomic E-state index is 0. The third-order valence-corrected chi connectivity index (χ3v) is 4.21. The molecule has 0 aromatic heterocycles. The Labute approximate surface area is 189 Å². The van der Waals surface area contributed by atoms with Crippen LogP contribution >= 0.6 is 46.4 Å². The molecule has 2 nitrogen and oxygen atoms in total. The summed E-state index contributed by atoms with van der Waals surface area (Å²) >= 11 is 20.7. The van der Waals surface area contributed by atoms with Gasteiger partial charge in [0.2, 0.25) is 0 Å². The molecule has 0 aliphatic carbocycles. The minimum atomic E-state index is -1.87. The average Bonchev–Trinajstić information content (AvgIpc) is 2.66. The Morgan fingerprint density at radius 2 is 0.677 bits per heavy atom. The van der Waals surface area contributed by atoms with Crippen LogP contribution in [0, 0.1) is 46.5 Å². The molecule has 0 radical (unpaired) electrons. The number of carbonyl (C=O) groups is 2. The van der Waals surface area contributed by atoms with Crippen LogP contribution in [0.4, 0.5) is 35.1 Å². The highest BCUT2D eigenvalue weighted by atomic mass is 35.5. The lowest BCUT2D eigenvalue weighted by Crippen LogP contribution is -2.08. The Bertz CT molecular complexity index is 863. The van der Waals surface area contributed by atoms with Gasteiger partial charge in [-0.2, -0.15) is 0 Å². The van der Waals surface area contributed by atoms with Gasteiger partial charge in [-0.25, -0.2) is 35.1 Å². The van der Waals surface area contributed by atoms with Gasteiger partial charge in [0.05, 0.1) is 22.3 Å². The van der Waals surface area contributed by atoms with Crippen LogP contribution in [0.3, 0.4) is 0 Å². The number of alkyl halides is 4. The molecule has 0 spiro atoms. The van der Waals surface area contributed by atoms with E-state index < -0.39 is 78.5 Å². The highest BCUT2D eigenvalue weighted by Gasteiger charge is 2.30. The Balaban J connectivity index is 0.000000567. The Morgan fingerprint density at radius 1 is 0.484 bits per heavy atom. The summed E-state index contributed by atoms with van der Waals surface area (Å²) in [7, 11) is 0. The summed E-state index contributed by atoms with van der Waals surface area (Å²) in [5, 5.41) is 0. The lowest BCUT2D eigenvalue weighted by molar-refractivity contribution is 0.109. The van der Waals surface area contributed by atoms with Crippen molar-refractivity contribution >= 4 is 59.0 Å². The van der Waals surface area contributed by atoms with Crippen molar-refractivity contribution in [3.05, 3.63) is 68.8 Å². The van der Waals surface area contributed by atoms with Crippen molar-refractivity contribution in [1.82, 2.24) is 0 Å². The largest absolute Gasteiger partial charge is 0.298 e. The number of hydrogen-bond acceptors (Lipinski definition) is 2. The topological polar surface area (TPSA) is 34.1 Å². The first-order chi connectivity index (χ1) is 13.8. The van der Waals surface area contributed by atoms with E-state index in [2.05, 4.69) is 0 Å². The third-order valence-electron chi connectivity index (χ3n) is 3.33. The highest BCUT2D eigenvalue weighted by Crippen LogP contribution is 2.38. The van der Waals surface area contributed by atoms with Gasteiger partial charge in [0.1, 0.15) is 9.67 Å². The predicted octanol–water partition coefficient (Wildman–Crippen LogP) is 7.70. The number of hydrogen-bond donors (Lipinski definition) is 0. The summed E-state index contributed by atoms with van der Waals surface area (Å²) in [6.07, 6.45) is -0.739. The molecule has 31 heavy (non-hydrogen) atoms. The summed E-state index contributed by atoms with van der Waals surface area (Å²) in [4.78, 5) is 16.6. The fraction of sp³-hybridized carbons (Fsp3) is 0.176. The quantitative estimate of drug-likeness (QED) is 0.173. The normalized spacial score (nSPS) is 10.5. The van der Waals surface area contributed by atoms with Crippen LogP contribution in [0.1, 0.15) is 48.9 Å². The van der Waals surface area contributed by atoms with E-state index in [1.54, 1.807) is 0 Å². The molecule has 0 N–H and O–H groups in total. The van der Waals surface area contributed by atoms with Gasteiger partial charge in [0, 0.05) is 0 Å². The fourth-order valence-electron chi connectivity index (χ4n) is 1.92. The summed E-state index contributed by atoms with van der Waals surface area (Å²) in [5.41, 5.74) is -4.97. The second kappa shape index (κ2) is 11.8. The number of carbonyl (C=O) groups excluding carboxylic acids is 2. The van der Waals surface area contributed by atoms with Gasteiger partial charge in [-0.1, -0.05) is 53.8 Å². The summed E-state index contributed by atoms with van der Waals surface area (Å²) < 4.78 is 104. The Kier molecular flexibility index (Phi) is 11.2. The maximum Gasteiger partial charge on any atom is 0.173 e. The molecule has 0 bridgehead atoms. The number of halogens is 12. The van der Waals surface area contributed by atoms with Gasteiger partial charge in [-0.15, -0.1) is 0 Å². The molecular weight excluding hydrogens is 530 g/mol. The van der Waals surface area contributed by atoms with Crippen molar-refractivity contribution in [1.29, 1.82) is 0 Å². The summed E-state index contributed by atoms with van der Waals surface area (Å²) in [6.45, 7) is 0. The molecule has 0 aliphatic heterocycles. The van der Waals surface area contributed by atoms with Crippen LogP contribution < -0.4 is 0 Å². The summed E-state index contributed by atoms with van der Waals surface area (Å²) in [5.74, 6) is -14.3. The molecule has 0 unspecified atom stereocenters. The van der Waals surface area contributed by atoms with Crippen LogP contribution in [0.2, 0.25) is 0 Å². The van der Waals surface area contributed by atoms with E-state index in [0.29, 0.717) is 0 Å². The zero-order chi connectivity index (χ0) is 23.5. The fourth-order valence-corrected chi connectivity index (χ4v) is 2.69. The molecular formula is C17H8Cl4F8O2. The van der Waals surface area contributed by atoms with E-state index >= 15 is 0 Å². The number of benzene rings is 2. The van der Waals surface area contributed by atoms with Crippen LogP contribution in [-0.4, -0.2) is 12.6 Å². The van der Waals surface area contributed by atoms with Crippen molar-refractivity contribution in [2.24, 2.45) is 0 Å². The van der Waals surface area contributed by atoms with Crippen molar-refractivity contribution in [2.75, 3.05) is 0 Å². The van der Waals surface area contributed by atoms with Gasteiger partial charge in [0.15, 0.2) is 59.1 Å². The molecule has 2 aromatic rings. The molecule has 14 heteroatoms. The van der Waals surface area contributed by atoms with Gasteiger partial charge < -0.3 is 0 Å². The maximum atomic E-state index is 13.2. The van der Waals surface area contributed by atoms with Gasteiger partial charge in [-0.3, -0.25) is 9.59 Å². The minimum Gasteiger partial charge on any atom is -0.298 e. The van der Waals surface area contributed by atoms with Gasteiger partial charge in [-0.05, 0) is 0 Å². The first kappa shape index (κ1) is 29.4. The van der Waals surface area contributed by atoms with Gasteiger partial charge >= 0.3 is 0 Å². The Hall–Kier alpha value is -1.62. The second-order valence-electron chi connectivity index (χ2n) is 5.00. The molecule has 2 rings (SSSR count). The first-order valence-corrected chi connectivity index (χ1v) is 8.76. The molecule has 0 atom stereocenters. The molecule has 0 fully saturated rings. The van der Waals surface area contributed by atoms with Crippen molar-refractivity contribution in [3.63, 3.8) is 0 Å². The van der Waals surface area contributed by atoms with Gasteiger partial charge in [0.25, 0.3) is 0 Å². The maximum absolute atomic E-state index is 13.2. The van der Waals surface area contributed by atoms with E-state index in [1.165, 1.54) is 0 Å². The molecule has 0 aliphatic rings. The standard InChI is InChI=1S/C8H2Cl4F4.C8H2F4O2.CH4/c9-7(10)1-3(13)5(15)2(8(11)12)6(16)4(1)14;9-5-3(1-13)6(10)8(12)4(2-14)7(5)11;/h7-8H;1-2H;1H4. The average molecular weight is 538 g/mol. The van der Waals surface area contributed by atoms with E-state index in [1.807, 2.05) is 0 Å². The smallest absolute Gasteiger partial charge is 0.173 e. The Morgan fingerprint density at radius 3 is 0.806 bits per heavy atom. The van der Waals surface area contributed by atoms with E-state index in [4.69, 9.17) is 46.4 Å². The molecule has 0 amide bonds. The van der Waals surface area contributed by atoms with Crippen LogP contribution in [0.25, 0.3) is 0 Å². The van der Waals surface area contributed by atoms with E-state index in [-0.39, 0.29) is 20.0 Å². The molecule has 0 heterocycles. The number of rotatable bonds is 4. The molecule has 0 saturated heterocycles. The van der Waals surface area contributed by atoms with Crippen LogP contribution in [0.15, 0.2) is 0 Å². The highest BCUT2D eigenvalue weighted by molar-refractivity contribution is 6.44. The molecule has 0 saturated carbocycles. The zero-order valence-corrected chi connectivity index (χ0v) is 16.7. The predicted molar refractivity (Wildman–Crippen MR) is 98.9 cm³/mol. The number of aldehydes is 2. The van der Waals surface area contributed by atoms with Crippen molar-refractivity contribution in [2.45, 2.75) is 17.1 Å². The third kappa shape index (κ3) is 5.79. The van der Waals surface area contributed by atoms with E-state index in [9.17, 15) is 44.7 Å². The lowest BCUT2D eigenvalue weighted by atomic mass is 10.1. The summed E-state index contributed by atoms with van der Waals surface area (Å²) in [6, 6.07) is 0. The molecule has 172 valence electrons. The molecule has 2 aromatic carbocycles. The van der Waals surface area contributed by atoms with Crippen molar-refractivity contribution < 1.29 is 44.7 Å². The van der Waals surface area contributed by atoms with Crippen LogP contribution in [0.5, 0.6) is 0 Å². The SMILES string of the molecule is C.Fc1c(F)c(C(Cl)Cl)c(F)c(F)c1C(Cl)Cl.O=Cc1c(F)c(F)c(C=O)c(F)c1F. The van der Waals surface area contributed by atoms with Crippen LogP contribution in [-0.2, 0) is 0 Å².